The Kier molecular flexibility index (Phi) is 1.87. The van der Waals surface area contributed by atoms with E-state index in [1.807, 2.05) is 0 Å². The first kappa shape index (κ1) is 7.18. The molecule has 0 aromatic heterocycles. The van der Waals surface area contributed by atoms with Crippen LogP contribution in [-0.4, -0.2) is 23.4 Å². The average Bonchev–Trinajstić information content (AvgIpc) is 2.06. The van der Waals surface area contributed by atoms with Crippen molar-refractivity contribution in [2.75, 3.05) is 5.75 Å². The summed E-state index contributed by atoms with van der Waals surface area (Å²) >= 11 is 1.71. The van der Waals surface area contributed by atoms with Gasteiger partial charge in [0.2, 0.25) is 0 Å². The van der Waals surface area contributed by atoms with E-state index in [2.05, 4.69) is 10.3 Å². The monoisotopic (exact) mass is 170 g/mol. The first-order valence-electron chi connectivity index (χ1n) is 3.70. The number of hydrogen-bond donors (Lipinski definition) is 2. The Balaban J connectivity index is 2.23. The quantitative estimate of drug-likeness (QED) is 0.562. The van der Waals surface area contributed by atoms with Crippen LogP contribution in [0.25, 0.3) is 0 Å². The molecule has 0 aromatic carbocycles. The first-order chi connectivity index (χ1) is 5.38. The van der Waals surface area contributed by atoms with E-state index < -0.39 is 6.23 Å². The highest BCUT2D eigenvalue weighted by Crippen LogP contribution is 2.32. The average molecular weight is 170 g/mol. The first-order valence-corrected chi connectivity index (χ1v) is 4.68. The highest BCUT2D eigenvalue weighted by atomic mass is 32.2. The Bertz CT molecular complexity index is 224. The Morgan fingerprint density at radius 2 is 2.64 bits per heavy atom. The standard InChI is InChI=1S/C7H10N2OS/c10-7-6-5(8-4-9-7)2-1-3-11-6/h4,7,10H,1-3H2,(H,8,9). The predicted octanol–water partition coefficient (Wildman–Crippen LogP) is 0.675. The Labute approximate surface area is 69.6 Å². The molecule has 3 nitrogen and oxygen atoms in total. The van der Waals surface area contributed by atoms with Gasteiger partial charge >= 0.3 is 0 Å². The van der Waals surface area contributed by atoms with E-state index in [9.17, 15) is 5.11 Å². The second-order valence-corrected chi connectivity index (χ2v) is 3.73. The SMILES string of the molecule is OC1N=CNC2=C1SCCC2. The van der Waals surface area contributed by atoms with Crippen LogP contribution in [0.15, 0.2) is 15.6 Å². The fourth-order valence-electron chi connectivity index (χ4n) is 1.27. The normalized spacial score (nSPS) is 29.7. The maximum Gasteiger partial charge on any atom is 0.180 e. The van der Waals surface area contributed by atoms with Gasteiger partial charge < -0.3 is 10.4 Å². The van der Waals surface area contributed by atoms with Gasteiger partial charge in [0, 0.05) is 5.70 Å². The molecule has 2 N–H and O–H groups in total. The highest BCUT2D eigenvalue weighted by Gasteiger charge is 2.21. The summed E-state index contributed by atoms with van der Waals surface area (Å²) in [7, 11) is 0. The molecular weight excluding hydrogens is 160 g/mol. The fraction of sp³-hybridized carbons (Fsp3) is 0.571. The van der Waals surface area contributed by atoms with Gasteiger partial charge in [0.05, 0.1) is 11.2 Å². The summed E-state index contributed by atoms with van der Waals surface area (Å²) in [6.45, 7) is 0. The van der Waals surface area contributed by atoms with Crippen LogP contribution in [0.2, 0.25) is 0 Å². The fourth-order valence-corrected chi connectivity index (χ4v) is 2.32. The van der Waals surface area contributed by atoms with Crippen molar-refractivity contribution in [1.29, 1.82) is 0 Å². The van der Waals surface area contributed by atoms with Crippen molar-refractivity contribution >= 4 is 18.1 Å². The van der Waals surface area contributed by atoms with Gasteiger partial charge in [-0.2, -0.15) is 0 Å². The molecule has 0 aromatic rings. The number of allylic oxidation sites excluding steroid dienone is 1. The number of rotatable bonds is 0. The number of hydrogen-bond acceptors (Lipinski definition) is 4. The van der Waals surface area contributed by atoms with Crippen LogP contribution in [0.3, 0.4) is 0 Å². The zero-order valence-corrected chi connectivity index (χ0v) is 6.90. The van der Waals surface area contributed by atoms with Crippen molar-refractivity contribution in [2.45, 2.75) is 19.1 Å². The van der Waals surface area contributed by atoms with E-state index in [1.54, 1.807) is 18.1 Å². The van der Waals surface area contributed by atoms with Crippen LogP contribution in [0, 0.1) is 0 Å². The molecule has 60 valence electrons. The van der Waals surface area contributed by atoms with Crippen LogP contribution in [-0.2, 0) is 0 Å². The molecule has 1 unspecified atom stereocenters. The lowest BCUT2D eigenvalue weighted by Crippen LogP contribution is -2.26. The van der Waals surface area contributed by atoms with E-state index in [0.717, 1.165) is 22.8 Å². The van der Waals surface area contributed by atoms with Gasteiger partial charge in [0.25, 0.3) is 0 Å². The summed E-state index contributed by atoms with van der Waals surface area (Å²) in [5.74, 6) is 1.10. The van der Waals surface area contributed by atoms with Gasteiger partial charge in [-0.15, -0.1) is 11.8 Å². The van der Waals surface area contributed by atoms with Gasteiger partial charge in [0.15, 0.2) is 6.23 Å². The van der Waals surface area contributed by atoms with E-state index in [1.165, 1.54) is 6.42 Å². The van der Waals surface area contributed by atoms with Crippen LogP contribution < -0.4 is 5.32 Å². The van der Waals surface area contributed by atoms with Gasteiger partial charge in [0.1, 0.15) is 0 Å². The summed E-state index contributed by atoms with van der Waals surface area (Å²) in [5.41, 5.74) is 1.16. The lowest BCUT2D eigenvalue weighted by Gasteiger charge is -2.24. The van der Waals surface area contributed by atoms with Crippen molar-refractivity contribution in [2.24, 2.45) is 4.99 Å². The number of aliphatic hydroxyl groups is 1. The van der Waals surface area contributed by atoms with Crippen LogP contribution in [0.5, 0.6) is 0 Å². The van der Waals surface area contributed by atoms with E-state index in [4.69, 9.17) is 0 Å². The number of nitrogens with zero attached hydrogens (tertiary/aromatic N) is 1. The number of aliphatic hydroxyl groups excluding tert-OH is 1. The van der Waals surface area contributed by atoms with Crippen LogP contribution in [0.4, 0.5) is 0 Å². The van der Waals surface area contributed by atoms with Gasteiger partial charge in [-0.3, -0.25) is 0 Å². The maximum absolute atomic E-state index is 9.39. The molecule has 1 atom stereocenters. The van der Waals surface area contributed by atoms with Crippen LogP contribution in [0.1, 0.15) is 12.8 Å². The molecule has 2 aliphatic rings. The van der Waals surface area contributed by atoms with Gasteiger partial charge in [-0.25, -0.2) is 4.99 Å². The van der Waals surface area contributed by atoms with Crippen molar-refractivity contribution in [1.82, 2.24) is 5.32 Å². The third-order valence-electron chi connectivity index (χ3n) is 1.82. The van der Waals surface area contributed by atoms with Gasteiger partial charge in [-0.05, 0) is 18.6 Å². The third kappa shape index (κ3) is 1.28. The molecular formula is C7H10N2OS. The van der Waals surface area contributed by atoms with E-state index >= 15 is 0 Å². The molecule has 0 radical (unpaired) electrons. The summed E-state index contributed by atoms with van der Waals surface area (Å²) in [6, 6.07) is 0. The Morgan fingerprint density at radius 1 is 1.73 bits per heavy atom. The van der Waals surface area contributed by atoms with Crippen molar-refractivity contribution in [3.63, 3.8) is 0 Å². The molecule has 0 aliphatic carbocycles. The molecule has 2 rings (SSSR count). The molecule has 4 heteroatoms. The van der Waals surface area contributed by atoms with Crippen molar-refractivity contribution in [3.8, 4) is 0 Å². The molecule has 0 saturated carbocycles. The molecule has 0 amide bonds. The summed E-state index contributed by atoms with van der Waals surface area (Å²) < 4.78 is 0. The van der Waals surface area contributed by atoms with Crippen molar-refractivity contribution in [3.05, 3.63) is 10.6 Å². The topological polar surface area (TPSA) is 44.6 Å². The number of nitrogens with one attached hydrogen (secondary N) is 1. The minimum atomic E-state index is -0.600. The molecule has 0 fully saturated rings. The molecule has 2 heterocycles. The second-order valence-electron chi connectivity index (χ2n) is 2.59. The van der Waals surface area contributed by atoms with Crippen LogP contribution >= 0.6 is 11.8 Å². The smallest absolute Gasteiger partial charge is 0.180 e. The van der Waals surface area contributed by atoms with Gasteiger partial charge in [-0.1, -0.05) is 0 Å². The summed E-state index contributed by atoms with van der Waals surface area (Å²) in [4.78, 5) is 4.87. The van der Waals surface area contributed by atoms with E-state index in [-0.39, 0.29) is 0 Å². The molecule has 0 saturated heterocycles. The largest absolute Gasteiger partial charge is 0.367 e. The molecule has 2 aliphatic heterocycles. The molecule has 0 bridgehead atoms. The van der Waals surface area contributed by atoms with E-state index in [0.29, 0.717) is 0 Å². The number of thioether (sulfide) groups is 1. The lowest BCUT2D eigenvalue weighted by molar-refractivity contribution is 0.226. The lowest BCUT2D eigenvalue weighted by atomic mass is 10.2. The minimum Gasteiger partial charge on any atom is -0.367 e. The zero-order chi connectivity index (χ0) is 7.68. The molecule has 11 heavy (non-hydrogen) atoms. The second kappa shape index (κ2) is 2.87. The summed E-state index contributed by atoms with van der Waals surface area (Å²) in [6.07, 6.45) is 3.22. The Morgan fingerprint density at radius 3 is 3.45 bits per heavy atom. The zero-order valence-electron chi connectivity index (χ0n) is 6.08. The predicted molar refractivity (Wildman–Crippen MR) is 46.4 cm³/mol. The maximum atomic E-state index is 9.39. The Hall–Kier alpha value is -0.480. The molecule has 0 spiro atoms. The number of aliphatic imine (C=N–C) groups is 1. The third-order valence-corrected chi connectivity index (χ3v) is 3.08. The highest BCUT2D eigenvalue weighted by molar-refractivity contribution is 8.03. The summed E-state index contributed by atoms with van der Waals surface area (Å²) in [5, 5.41) is 12.4. The minimum absolute atomic E-state index is 0.600. The van der Waals surface area contributed by atoms with Crippen molar-refractivity contribution < 1.29 is 5.11 Å².